The number of ether oxygens (including phenoxy) is 1. The molecule has 0 heterocycles. The minimum absolute atomic E-state index is 0.230. The van der Waals surface area contributed by atoms with Gasteiger partial charge in [-0.05, 0) is 31.9 Å². The lowest BCUT2D eigenvalue weighted by atomic mass is 9.97. The number of esters is 1. The molecule has 1 aromatic rings. The topological polar surface area (TPSA) is 50.1 Å². The summed E-state index contributed by atoms with van der Waals surface area (Å²) in [7, 11) is 0. The highest BCUT2D eigenvalue weighted by Crippen LogP contribution is 2.17. The molecule has 0 saturated heterocycles. The molecular weight excluding hydrogens is 214 g/mol. The largest absolute Gasteiger partial charge is 0.460 e. The molecule has 90 valence electrons. The van der Waals surface area contributed by atoms with Crippen molar-refractivity contribution < 1.29 is 9.53 Å². The highest BCUT2D eigenvalue weighted by molar-refractivity contribution is 5.75. The highest BCUT2D eigenvalue weighted by atomic mass is 16.5. The zero-order valence-corrected chi connectivity index (χ0v) is 10.5. The van der Waals surface area contributed by atoms with Crippen LogP contribution >= 0.6 is 0 Å². The lowest BCUT2D eigenvalue weighted by molar-refractivity contribution is -0.154. The SMILES string of the molecule is CC(C)(C)C(=O)OCc1ccccc1CC#N. The number of rotatable bonds is 3. The van der Waals surface area contributed by atoms with Crippen LogP contribution in [0.2, 0.25) is 0 Å². The van der Waals surface area contributed by atoms with E-state index < -0.39 is 5.41 Å². The van der Waals surface area contributed by atoms with E-state index in [1.165, 1.54) is 0 Å². The molecule has 0 aliphatic heterocycles. The average molecular weight is 231 g/mol. The summed E-state index contributed by atoms with van der Waals surface area (Å²) < 4.78 is 5.23. The second-order valence-corrected chi connectivity index (χ2v) is 4.93. The summed E-state index contributed by atoms with van der Waals surface area (Å²) in [5.41, 5.74) is 1.31. The molecule has 0 atom stereocenters. The van der Waals surface area contributed by atoms with Crippen molar-refractivity contribution in [3.8, 4) is 6.07 Å². The summed E-state index contributed by atoms with van der Waals surface area (Å²) in [5.74, 6) is -0.232. The molecule has 0 radical (unpaired) electrons. The van der Waals surface area contributed by atoms with Crippen LogP contribution in [-0.4, -0.2) is 5.97 Å². The predicted octanol–water partition coefficient (Wildman–Crippen LogP) is 2.84. The first-order chi connectivity index (χ1) is 7.95. The van der Waals surface area contributed by atoms with Crippen LogP contribution in [-0.2, 0) is 22.6 Å². The molecule has 0 amide bonds. The van der Waals surface area contributed by atoms with Gasteiger partial charge in [-0.3, -0.25) is 4.79 Å². The van der Waals surface area contributed by atoms with Crippen molar-refractivity contribution in [2.75, 3.05) is 0 Å². The van der Waals surface area contributed by atoms with Gasteiger partial charge >= 0.3 is 5.97 Å². The van der Waals surface area contributed by atoms with E-state index in [0.29, 0.717) is 6.42 Å². The third-order valence-corrected chi connectivity index (χ3v) is 2.36. The molecule has 0 bridgehead atoms. The molecule has 0 N–H and O–H groups in total. The Labute approximate surface area is 102 Å². The fourth-order valence-electron chi connectivity index (χ4n) is 1.32. The predicted molar refractivity (Wildman–Crippen MR) is 65.0 cm³/mol. The van der Waals surface area contributed by atoms with Crippen LogP contribution in [0.3, 0.4) is 0 Å². The monoisotopic (exact) mass is 231 g/mol. The lowest BCUT2D eigenvalue weighted by Crippen LogP contribution is -2.22. The zero-order chi connectivity index (χ0) is 12.9. The van der Waals surface area contributed by atoms with Gasteiger partial charge < -0.3 is 4.74 Å². The maximum absolute atomic E-state index is 11.6. The number of benzene rings is 1. The van der Waals surface area contributed by atoms with Crippen LogP contribution in [0.15, 0.2) is 24.3 Å². The summed E-state index contributed by atoms with van der Waals surface area (Å²) >= 11 is 0. The van der Waals surface area contributed by atoms with Gasteiger partial charge in [0.05, 0.1) is 17.9 Å². The molecule has 0 spiro atoms. The summed E-state index contributed by atoms with van der Waals surface area (Å²) in [5, 5.41) is 8.69. The van der Waals surface area contributed by atoms with E-state index in [9.17, 15) is 4.79 Å². The second kappa shape index (κ2) is 5.49. The highest BCUT2D eigenvalue weighted by Gasteiger charge is 2.23. The Morgan fingerprint density at radius 1 is 1.29 bits per heavy atom. The molecule has 0 saturated carbocycles. The number of carbonyl (C=O) groups is 1. The number of hydrogen-bond donors (Lipinski definition) is 0. The van der Waals surface area contributed by atoms with Crippen LogP contribution < -0.4 is 0 Å². The van der Waals surface area contributed by atoms with E-state index in [2.05, 4.69) is 6.07 Å². The smallest absolute Gasteiger partial charge is 0.311 e. The van der Waals surface area contributed by atoms with Crippen LogP contribution in [0.25, 0.3) is 0 Å². The number of nitrogens with zero attached hydrogens (tertiary/aromatic N) is 1. The van der Waals surface area contributed by atoms with E-state index in [-0.39, 0.29) is 12.6 Å². The van der Waals surface area contributed by atoms with Crippen LogP contribution in [0.1, 0.15) is 31.9 Å². The summed E-state index contributed by atoms with van der Waals surface area (Å²) in [4.78, 5) is 11.6. The average Bonchev–Trinajstić information content (AvgIpc) is 2.26. The van der Waals surface area contributed by atoms with Crippen LogP contribution in [0, 0.1) is 16.7 Å². The molecular formula is C14H17NO2. The molecule has 0 fully saturated rings. The van der Waals surface area contributed by atoms with Crippen molar-refractivity contribution in [3.05, 3.63) is 35.4 Å². The maximum Gasteiger partial charge on any atom is 0.311 e. The minimum Gasteiger partial charge on any atom is -0.460 e. The standard InChI is InChI=1S/C14H17NO2/c1-14(2,3)13(16)17-10-12-7-5-4-6-11(12)8-9-15/h4-7H,8,10H2,1-3H3. The Morgan fingerprint density at radius 2 is 1.88 bits per heavy atom. The third kappa shape index (κ3) is 3.92. The Morgan fingerprint density at radius 3 is 2.41 bits per heavy atom. The molecule has 3 heteroatoms. The van der Waals surface area contributed by atoms with Gasteiger partial charge in [-0.1, -0.05) is 24.3 Å². The summed E-state index contributed by atoms with van der Waals surface area (Å²) in [6.45, 7) is 5.68. The third-order valence-electron chi connectivity index (χ3n) is 2.36. The molecule has 0 aliphatic carbocycles. The van der Waals surface area contributed by atoms with Crippen molar-refractivity contribution in [2.45, 2.75) is 33.8 Å². The molecule has 17 heavy (non-hydrogen) atoms. The first kappa shape index (κ1) is 13.2. The first-order valence-electron chi connectivity index (χ1n) is 5.56. The van der Waals surface area contributed by atoms with Crippen LogP contribution in [0.4, 0.5) is 0 Å². The van der Waals surface area contributed by atoms with Crippen molar-refractivity contribution in [1.82, 2.24) is 0 Å². The molecule has 0 aliphatic rings. The van der Waals surface area contributed by atoms with Crippen molar-refractivity contribution >= 4 is 5.97 Å². The Hall–Kier alpha value is -1.82. The van der Waals surface area contributed by atoms with Crippen molar-refractivity contribution in [3.63, 3.8) is 0 Å². The maximum atomic E-state index is 11.6. The first-order valence-corrected chi connectivity index (χ1v) is 5.56. The molecule has 1 aromatic carbocycles. The van der Waals surface area contributed by atoms with E-state index >= 15 is 0 Å². The quantitative estimate of drug-likeness (QED) is 0.751. The van der Waals surface area contributed by atoms with Crippen LogP contribution in [0.5, 0.6) is 0 Å². The molecule has 3 nitrogen and oxygen atoms in total. The fraction of sp³-hybridized carbons (Fsp3) is 0.429. The number of nitriles is 1. The summed E-state index contributed by atoms with van der Waals surface area (Å²) in [6.07, 6.45) is 0.337. The number of hydrogen-bond acceptors (Lipinski definition) is 3. The van der Waals surface area contributed by atoms with E-state index in [1.54, 1.807) is 0 Å². The van der Waals surface area contributed by atoms with Crippen molar-refractivity contribution in [2.24, 2.45) is 5.41 Å². The van der Waals surface area contributed by atoms with Gasteiger partial charge in [0.1, 0.15) is 6.61 Å². The van der Waals surface area contributed by atoms with E-state index in [0.717, 1.165) is 11.1 Å². The van der Waals surface area contributed by atoms with Gasteiger partial charge in [-0.15, -0.1) is 0 Å². The fourth-order valence-corrected chi connectivity index (χ4v) is 1.32. The Bertz CT molecular complexity index is 438. The Balaban J connectivity index is 2.70. The second-order valence-electron chi connectivity index (χ2n) is 4.93. The zero-order valence-electron chi connectivity index (χ0n) is 10.5. The van der Waals surface area contributed by atoms with Gasteiger partial charge in [-0.2, -0.15) is 5.26 Å². The van der Waals surface area contributed by atoms with E-state index in [1.807, 2.05) is 45.0 Å². The Kier molecular flexibility index (Phi) is 4.28. The van der Waals surface area contributed by atoms with Gasteiger partial charge in [-0.25, -0.2) is 0 Å². The van der Waals surface area contributed by atoms with Gasteiger partial charge in [0.25, 0.3) is 0 Å². The molecule has 1 rings (SSSR count). The van der Waals surface area contributed by atoms with Gasteiger partial charge in [0.15, 0.2) is 0 Å². The normalized spacial score (nSPS) is 10.7. The minimum atomic E-state index is -0.496. The lowest BCUT2D eigenvalue weighted by Gasteiger charge is -2.17. The van der Waals surface area contributed by atoms with Gasteiger partial charge in [0.2, 0.25) is 0 Å². The van der Waals surface area contributed by atoms with Gasteiger partial charge in [0, 0.05) is 0 Å². The van der Waals surface area contributed by atoms with E-state index in [4.69, 9.17) is 10.00 Å². The van der Waals surface area contributed by atoms with Crippen molar-refractivity contribution in [1.29, 1.82) is 5.26 Å². The summed E-state index contributed by atoms with van der Waals surface area (Å²) in [6, 6.07) is 9.61. The molecule has 0 unspecified atom stereocenters. The molecule has 0 aromatic heterocycles. The number of carbonyl (C=O) groups excluding carboxylic acids is 1.